The highest BCUT2D eigenvalue weighted by Gasteiger charge is 2.15. The Bertz CT molecular complexity index is 1030. The van der Waals surface area contributed by atoms with Crippen molar-refractivity contribution in [1.29, 1.82) is 0 Å². The molecule has 0 spiro atoms. The van der Waals surface area contributed by atoms with E-state index in [9.17, 15) is 4.39 Å². The van der Waals surface area contributed by atoms with Crippen LogP contribution in [0.25, 0.3) is 0 Å². The van der Waals surface area contributed by atoms with Crippen LogP contribution in [0, 0.1) is 5.82 Å². The number of hydrogen-bond donors (Lipinski definition) is 2. The van der Waals surface area contributed by atoms with Gasteiger partial charge in [-0.2, -0.15) is 4.98 Å². The zero-order chi connectivity index (χ0) is 22.2. The van der Waals surface area contributed by atoms with Gasteiger partial charge in [-0.1, -0.05) is 25.0 Å². The maximum atomic E-state index is 13.1. The molecule has 0 unspecified atom stereocenters. The Morgan fingerprint density at radius 1 is 1.03 bits per heavy atom. The van der Waals surface area contributed by atoms with Crippen LogP contribution in [0.4, 0.5) is 16.2 Å². The van der Waals surface area contributed by atoms with Gasteiger partial charge in [0.25, 0.3) is 0 Å². The minimum atomic E-state index is -0.263. The van der Waals surface area contributed by atoms with E-state index in [1.807, 2.05) is 6.07 Å². The molecule has 32 heavy (non-hydrogen) atoms. The zero-order valence-corrected chi connectivity index (χ0v) is 19.1. The number of halogens is 1. The van der Waals surface area contributed by atoms with Gasteiger partial charge in [-0.15, -0.1) is 0 Å². The number of hydrogen-bond acceptors (Lipinski definition) is 7. The second-order valence-electron chi connectivity index (χ2n) is 7.36. The van der Waals surface area contributed by atoms with Crippen LogP contribution in [0.2, 0.25) is 0 Å². The van der Waals surface area contributed by atoms with Gasteiger partial charge in [0.15, 0.2) is 10.3 Å². The molecule has 7 nitrogen and oxygen atoms in total. The topological polar surface area (TPSA) is 78.9 Å². The lowest BCUT2D eigenvalue weighted by molar-refractivity contribution is 0.627. The normalized spacial score (nSPS) is 14.0. The fourth-order valence-corrected chi connectivity index (χ4v) is 4.22. The average molecular weight is 470 g/mol. The third-order valence-electron chi connectivity index (χ3n) is 4.95. The standard InChI is InChI=1S/C22H24FN7S2/c23-17-8-6-16(7-9-17)15-26-21(31)29-20-27-18(30-12-3-1-2-4-13-30)14-19(28-20)32-22-24-10-5-11-25-22/h5-11,14H,1-4,12-13,15H2,(H2,26,27,28,29,31). The molecule has 1 aliphatic rings. The molecule has 3 heterocycles. The molecule has 2 N–H and O–H groups in total. The average Bonchev–Trinajstić information content (AvgIpc) is 3.09. The lowest BCUT2D eigenvalue weighted by atomic mass is 10.2. The largest absolute Gasteiger partial charge is 0.358 e. The first-order valence-corrected chi connectivity index (χ1v) is 11.8. The lowest BCUT2D eigenvalue weighted by Crippen LogP contribution is -2.30. The molecular formula is C22H24FN7S2. The summed E-state index contributed by atoms with van der Waals surface area (Å²) in [5, 5.41) is 7.97. The van der Waals surface area contributed by atoms with E-state index < -0.39 is 0 Å². The highest BCUT2D eigenvalue weighted by molar-refractivity contribution is 7.99. The highest BCUT2D eigenvalue weighted by Crippen LogP contribution is 2.28. The molecule has 0 amide bonds. The van der Waals surface area contributed by atoms with Crippen molar-refractivity contribution in [1.82, 2.24) is 25.3 Å². The van der Waals surface area contributed by atoms with Crippen LogP contribution in [0.3, 0.4) is 0 Å². The molecular weight excluding hydrogens is 445 g/mol. The van der Waals surface area contributed by atoms with Gasteiger partial charge in [-0.25, -0.2) is 19.3 Å². The molecule has 3 aromatic rings. The van der Waals surface area contributed by atoms with Crippen LogP contribution in [-0.4, -0.2) is 38.1 Å². The van der Waals surface area contributed by atoms with Crippen LogP contribution >= 0.6 is 24.0 Å². The molecule has 0 radical (unpaired) electrons. The van der Waals surface area contributed by atoms with Gasteiger partial charge < -0.3 is 15.5 Å². The molecule has 4 rings (SSSR count). The summed E-state index contributed by atoms with van der Waals surface area (Å²) < 4.78 is 13.1. The molecule has 0 atom stereocenters. The Morgan fingerprint density at radius 2 is 1.75 bits per heavy atom. The van der Waals surface area contributed by atoms with E-state index in [1.165, 1.54) is 36.7 Å². The fraction of sp³-hybridized carbons (Fsp3) is 0.318. The van der Waals surface area contributed by atoms with Gasteiger partial charge in [-0.3, -0.25) is 0 Å². The predicted octanol–water partition coefficient (Wildman–Crippen LogP) is 4.42. The SMILES string of the molecule is Fc1ccc(CNC(=S)Nc2nc(Sc3ncccn3)cc(N3CCCCCC3)n2)cc1. The molecule has 166 valence electrons. The summed E-state index contributed by atoms with van der Waals surface area (Å²) in [4.78, 5) is 20.2. The van der Waals surface area contributed by atoms with E-state index >= 15 is 0 Å². The van der Waals surface area contributed by atoms with Crippen molar-refractivity contribution in [2.24, 2.45) is 0 Å². The quantitative estimate of drug-likeness (QED) is 0.310. The van der Waals surface area contributed by atoms with E-state index in [0.29, 0.717) is 22.8 Å². The van der Waals surface area contributed by atoms with Crippen LogP contribution in [0.1, 0.15) is 31.2 Å². The number of nitrogens with zero attached hydrogens (tertiary/aromatic N) is 5. The van der Waals surface area contributed by atoms with E-state index in [1.54, 1.807) is 30.6 Å². The van der Waals surface area contributed by atoms with Crippen LogP contribution < -0.4 is 15.5 Å². The van der Waals surface area contributed by atoms with Gasteiger partial charge in [0, 0.05) is 38.1 Å². The van der Waals surface area contributed by atoms with Crippen LogP contribution in [-0.2, 0) is 6.54 Å². The zero-order valence-electron chi connectivity index (χ0n) is 17.5. The number of thiocarbonyl (C=S) groups is 1. The van der Waals surface area contributed by atoms with Gasteiger partial charge >= 0.3 is 0 Å². The van der Waals surface area contributed by atoms with Crippen LogP contribution in [0.15, 0.2) is 59.0 Å². The van der Waals surface area contributed by atoms with Crippen molar-refractivity contribution in [3.63, 3.8) is 0 Å². The molecule has 0 aliphatic carbocycles. The Labute approximate surface area is 196 Å². The van der Waals surface area contributed by atoms with Crippen molar-refractivity contribution < 1.29 is 4.39 Å². The monoisotopic (exact) mass is 469 g/mol. The predicted molar refractivity (Wildman–Crippen MR) is 128 cm³/mol. The first-order valence-electron chi connectivity index (χ1n) is 10.5. The summed E-state index contributed by atoms with van der Waals surface area (Å²) in [5.41, 5.74) is 0.923. The van der Waals surface area contributed by atoms with Gasteiger partial charge in [0.05, 0.1) is 0 Å². The Hall–Kier alpha value is -2.85. The Morgan fingerprint density at radius 3 is 2.47 bits per heavy atom. The molecule has 1 aromatic carbocycles. The molecule has 0 saturated carbocycles. The minimum absolute atomic E-state index is 0.263. The van der Waals surface area contributed by atoms with Crippen molar-refractivity contribution in [2.75, 3.05) is 23.3 Å². The smallest absolute Gasteiger partial charge is 0.232 e. The maximum absolute atomic E-state index is 13.1. The van der Waals surface area contributed by atoms with Crippen molar-refractivity contribution in [2.45, 2.75) is 42.4 Å². The Balaban J connectivity index is 1.49. The first-order chi connectivity index (χ1) is 15.7. The van der Waals surface area contributed by atoms with Gasteiger partial charge in [0.1, 0.15) is 16.7 Å². The number of aromatic nitrogens is 4. The van der Waals surface area contributed by atoms with Crippen LogP contribution in [0.5, 0.6) is 0 Å². The molecule has 2 aromatic heterocycles. The second-order valence-corrected chi connectivity index (χ2v) is 8.75. The van der Waals surface area contributed by atoms with Crippen molar-refractivity contribution >= 4 is 40.9 Å². The number of nitrogens with one attached hydrogen (secondary N) is 2. The van der Waals surface area contributed by atoms with Gasteiger partial charge in [-0.05, 0) is 60.6 Å². The molecule has 1 saturated heterocycles. The Kier molecular flexibility index (Phi) is 7.78. The van der Waals surface area contributed by atoms with Crippen molar-refractivity contribution in [3.8, 4) is 0 Å². The van der Waals surface area contributed by atoms with Crippen molar-refractivity contribution in [3.05, 3.63) is 60.2 Å². The summed E-state index contributed by atoms with van der Waals surface area (Å²) >= 11 is 6.82. The summed E-state index contributed by atoms with van der Waals surface area (Å²) in [6.45, 7) is 2.41. The molecule has 1 aliphatic heterocycles. The second kappa shape index (κ2) is 11.1. The summed E-state index contributed by atoms with van der Waals surface area (Å²) in [6, 6.07) is 10.1. The first kappa shape index (κ1) is 22.3. The molecule has 10 heteroatoms. The number of anilines is 2. The summed E-state index contributed by atoms with van der Waals surface area (Å²) in [7, 11) is 0. The van der Waals surface area contributed by atoms with Gasteiger partial charge in [0.2, 0.25) is 5.95 Å². The maximum Gasteiger partial charge on any atom is 0.232 e. The highest BCUT2D eigenvalue weighted by atomic mass is 32.2. The van der Waals surface area contributed by atoms with E-state index in [2.05, 4.69) is 30.5 Å². The van der Waals surface area contributed by atoms with E-state index in [-0.39, 0.29) is 5.82 Å². The summed E-state index contributed by atoms with van der Waals surface area (Å²) in [5.74, 6) is 1.02. The van der Waals surface area contributed by atoms with E-state index in [0.717, 1.165) is 42.3 Å². The number of rotatable bonds is 6. The third kappa shape index (κ3) is 6.57. The van der Waals surface area contributed by atoms with E-state index in [4.69, 9.17) is 17.2 Å². The third-order valence-corrected chi connectivity index (χ3v) is 6.01. The summed E-state index contributed by atoms with van der Waals surface area (Å²) in [6.07, 6.45) is 8.19. The number of benzene rings is 1. The molecule has 0 bridgehead atoms. The minimum Gasteiger partial charge on any atom is -0.358 e. The lowest BCUT2D eigenvalue weighted by Gasteiger charge is -2.22. The molecule has 1 fully saturated rings. The fourth-order valence-electron chi connectivity index (χ4n) is 3.34.